The van der Waals surface area contributed by atoms with Crippen molar-refractivity contribution in [3.05, 3.63) is 35.8 Å². The highest BCUT2D eigenvalue weighted by molar-refractivity contribution is 5.94. The zero-order chi connectivity index (χ0) is 25.2. The molecule has 9 nitrogen and oxygen atoms in total. The highest BCUT2D eigenvalue weighted by atomic mass is 19.4. The summed E-state index contributed by atoms with van der Waals surface area (Å²) < 4.78 is 39.6. The van der Waals surface area contributed by atoms with Crippen LogP contribution in [0, 0.1) is 17.2 Å². The van der Waals surface area contributed by atoms with Crippen molar-refractivity contribution in [1.82, 2.24) is 24.8 Å². The molecule has 3 aromatic rings. The van der Waals surface area contributed by atoms with E-state index in [2.05, 4.69) is 25.3 Å². The molecule has 1 atom stereocenters. The molecule has 1 fully saturated rings. The van der Waals surface area contributed by atoms with Crippen LogP contribution in [-0.2, 0) is 11.0 Å². The molecule has 0 spiro atoms. The molecule has 4 rings (SSSR count). The van der Waals surface area contributed by atoms with Gasteiger partial charge < -0.3 is 20.9 Å². The highest BCUT2D eigenvalue weighted by Crippen LogP contribution is 2.34. The lowest BCUT2D eigenvalue weighted by Crippen LogP contribution is -2.47. The Balaban J connectivity index is 1.50. The minimum Gasteiger partial charge on any atom is -0.354 e. The number of fused-ring (bicyclic) bond motifs is 1. The van der Waals surface area contributed by atoms with Crippen LogP contribution in [0.1, 0.15) is 37.3 Å². The fourth-order valence-electron chi connectivity index (χ4n) is 4.11. The molecule has 12 heteroatoms. The van der Waals surface area contributed by atoms with Crippen LogP contribution in [0.2, 0.25) is 0 Å². The second kappa shape index (κ2) is 9.87. The predicted molar refractivity (Wildman–Crippen MR) is 123 cm³/mol. The first-order chi connectivity index (χ1) is 16.7. The Morgan fingerprint density at radius 1 is 1.34 bits per heavy atom. The van der Waals surface area contributed by atoms with Gasteiger partial charge in [-0.3, -0.25) is 4.79 Å². The van der Waals surface area contributed by atoms with Crippen molar-refractivity contribution in [2.45, 2.75) is 38.4 Å². The van der Waals surface area contributed by atoms with E-state index in [9.17, 15) is 23.2 Å². The van der Waals surface area contributed by atoms with Crippen molar-refractivity contribution >= 4 is 22.9 Å². The smallest absolute Gasteiger partial charge is 0.354 e. The Morgan fingerprint density at radius 3 is 2.74 bits per heavy atom. The zero-order valence-corrected chi connectivity index (χ0v) is 19.1. The number of nitriles is 1. The Kier molecular flexibility index (Phi) is 6.88. The van der Waals surface area contributed by atoms with Gasteiger partial charge in [0.1, 0.15) is 11.7 Å². The molecule has 0 saturated carbocycles. The third-order valence-corrected chi connectivity index (χ3v) is 6.25. The SMILES string of the molecule is CC[C@H](N)C(=O)N1CCC(CNc2ncc(C#N)c(-c3c[nH]c4ncc(C(F)(F)F)cc34)n2)CC1. The molecule has 1 aliphatic rings. The normalized spacial score (nSPS) is 15.7. The Labute approximate surface area is 199 Å². The summed E-state index contributed by atoms with van der Waals surface area (Å²) in [6.07, 6.45) is 1.24. The number of hydrogen-bond acceptors (Lipinski definition) is 7. The number of aromatic nitrogens is 4. The van der Waals surface area contributed by atoms with Gasteiger partial charge in [-0.2, -0.15) is 18.4 Å². The van der Waals surface area contributed by atoms with E-state index in [-0.39, 0.29) is 40.1 Å². The van der Waals surface area contributed by atoms with E-state index in [4.69, 9.17) is 5.73 Å². The van der Waals surface area contributed by atoms with Gasteiger partial charge >= 0.3 is 6.18 Å². The van der Waals surface area contributed by atoms with Crippen molar-refractivity contribution in [1.29, 1.82) is 5.26 Å². The number of alkyl halides is 3. The lowest BCUT2D eigenvalue weighted by atomic mass is 9.96. The van der Waals surface area contributed by atoms with Crippen LogP contribution in [0.5, 0.6) is 0 Å². The van der Waals surface area contributed by atoms with Gasteiger partial charge in [0.15, 0.2) is 0 Å². The number of likely N-dealkylation sites (tertiary alicyclic amines) is 1. The quantitative estimate of drug-likeness (QED) is 0.486. The van der Waals surface area contributed by atoms with E-state index < -0.39 is 17.8 Å². The number of halogens is 3. The molecular formula is C23H25F3N8O. The molecule has 3 aromatic heterocycles. The largest absolute Gasteiger partial charge is 0.417 e. The Bertz CT molecular complexity index is 1260. The summed E-state index contributed by atoms with van der Waals surface area (Å²) >= 11 is 0. The van der Waals surface area contributed by atoms with Gasteiger partial charge in [0.05, 0.1) is 29.1 Å². The van der Waals surface area contributed by atoms with Crippen LogP contribution < -0.4 is 11.1 Å². The first-order valence-electron chi connectivity index (χ1n) is 11.3. The van der Waals surface area contributed by atoms with E-state index in [1.54, 1.807) is 4.90 Å². The second-order valence-electron chi connectivity index (χ2n) is 8.55. The number of nitrogens with zero attached hydrogens (tertiary/aromatic N) is 5. The number of H-pyrrole nitrogens is 1. The molecule has 4 heterocycles. The number of aromatic amines is 1. The first kappa shape index (κ1) is 24.4. The topological polar surface area (TPSA) is 137 Å². The zero-order valence-electron chi connectivity index (χ0n) is 19.1. The third-order valence-electron chi connectivity index (χ3n) is 6.25. The lowest BCUT2D eigenvalue weighted by molar-refractivity contribution is -0.137. The second-order valence-corrected chi connectivity index (χ2v) is 8.55. The van der Waals surface area contributed by atoms with Crippen LogP contribution in [-0.4, -0.2) is 56.4 Å². The number of rotatable bonds is 6. The average Bonchev–Trinajstić information content (AvgIpc) is 3.29. The van der Waals surface area contributed by atoms with Crippen LogP contribution in [0.4, 0.5) is 19.1 Å². The summed E-state index contributed by atoms with van der Waals surface area (Å²) in [5, 5.41) is 12.9. The highest BCUT2D eigenvalue weighted by Gasteiger charge is 2.32. The number of carbonyl (C=O) groups excluding carboxylic acids is 1. The van der Waals surface area contributed by atoms with Gasteiger partial charge in [-0.1, -0.05) is 6.92 Å². The molecule has 0 unspecified atom stereocenters. The van der Waals surface area contributed by atoms with Gasteiger partial charge in [0.2, 0.25) is 11.9 Å². The van der Waals surface area contributed by atoms with Gasteiger partial charge in [-0.15, -0.1) is 0 Å². The summed E-state index contributed by atoms with van der Waals surface area (Å²) in [4.78, 5) is 29.4. The fraction of sp³-hybridized carbons (Fsp3) is 0.435. The van der Waals surface area contributed by atoms with Gasteiger partial charge in [-0.25, -0.2) is 15.0 Å². The molecule has 0 radical (unpaired) electrons. The van der Waals surface area contributed by atoms with Crippen molar-refractivity contribution in [3.8, 4) is 17.3 Å². The van der Waals surface area contributed by atoms with Gasteiger partial charge in [0, 0.05) is 43.0 Å². The van der Waals surface area contributed by atoms with Crippen molar-refractivity contribution in [2.24, 2.45) is 11.7 Å². The molecule has 35 heavy (non-hydrogen) atoms. The van der Waals surface area contributed by atoms with Crippen molar-refractivity contribution < 1.29 is 18.0 Å². The molecule has 184 valence electrons. The van der Waals surface area contributed by atoms with Crippen LogP contribution in [0.3, 0.4) is 0 Å². The maximum absolute atomic E-state index is 13.2. The number of carbonyl (C=O) groups is 1. The molecule has 0 aliphatic carbocycles. The number of nitrogens with one attached hydrogen (secondary N) is 2. The molecule has 1 aliphatic heterocycles. The Morgan fingerprint density at radius 2 is 2.09 bits per heavy atom. The number of piperidine rings is 1. The number of amides is 1. The van der Waals surface area contributed by atoms with Crippen molar-refractivity contribution in [2.75, 3.05) is 25.0 Å². The van der Waals surface area contributed by atoms with Crippen molar-refractivity contribution in [3.63, 3.8) is 0 Å². The maximum atomic E-state index is 13.2. The lowest BCUT2D eigenvalue weighted by Gasteiger charge is -2.33. The maximum Gasteiger partial charge on any atom is 0.417 e. The first-order valence-corrected chi connectivity index (χ1v) is 11.3. The van der Waals surface area contributed by atoms with E-state index in [0.717, 1.165) is 25.1 Å². The molecule has 0 bridgehead atoms. The van der Waals surface area contributed by atoms with Crippen LogP contribution in [0.25, 0.3) is 22.3 Å². The molecule has 1 saturated heterocycles. The van der Waals surface area contributed by atoms with E-state index >= 15 is 0 Å². The van der Waals surface area contributed by atoms with E-state index in [1.807, 2.05) is 13.0 Å². The third kappa shape index (κ3) is 5.19. The summed E-state index contributed by atoms with van der Waals surface area (Å²) in [5.41, 5.74) is 5.90. The van der Waals surface area contributed by atoms with E-state index in [0.29, 0.717) is 31.6 Å². The molecule has 0 aromatic carbocycles. The van der Waals surface area contributed by atoms with E-state index in [1.165, 1.54) is 12.4 Å². The Hall–Kier alpha value is -3.72. The number of anilines is 1. The van der Waals surface area contributed by atoms with Crippen LogP contribution in [0.15, 0.2) is 24.7 Å². The minimum absolute atomic E-state index is 0.0270. The van der Waals surface area contributed by atoms with Gasteiger partial charge in [0.25, 0.3) is 0 Å². The number of hydrogen-bond donors (Lipinski definition) is 3. The minimum atomic E-state index is -4.55. The summed E-state index contributed by atoms with van der Waals surface area (Å²) in [6.45, 7) is 3.69. The summed E-state index contributed by atoms with van der Waals surface area (Å²) in [5.74, 6) is 0.520. The number of nitrogens with two attached hydrogens (primary N) is 1. The van der Waals surface area contributed by atoms with Gasteiger partial charge in [-0.05, 0) is 31.2 Å². The predicted octanol–water partition coefficient (Wildman–Crippen LogP) is 3.30. The number of pyridine rings is 1. The molecular weight excluding hydrogens is 461 g/mol. The fourth-order valence-corrected chi connectivity index (χ4v) is 4.11. The average molecular weight is 487 g/mol. The molecule has 1 amide bonds. The molecule has 4 N–H and O–H groups in total. The summed E-state index contributed by atoms with van der Waals surface area (Å²) in [6, 6.07) is 2.52. The van der Waals surface area contributed by atoms with Crippen LogP contribution >= 0.6 is 0 Å². The summed E-state index contributed by atoms with van der Waals surface area (Å²) in [7, 11) is 0. The monoisotopic (exact) mass is 486 g/mol. The standard InChI is InChI=1S/C23H25F3N8O/c1-2-18(28)21(35)34-5-3-13(4-6-34)9-31-22-32-10-14(8-27)19(33-22)17-12-30-20-16(17)7-15(11-29-20)23(24,25)26/h7,10-13,18H,2-6,9,28H2,1H3,(H,29,30)(H,31,32,33)/t18-/m0/s1.